The number of H-pyrrole nitrogens is 1. The van der Waals surface area contributed by atoms with Crippen molar-refractivity contribution >= 4 is 74.7 Å². The predicted molar refractivity (Wildman–Crippen MR) is 156 cm³/mol. The minimum absolute atomic E-state index is 0.0484. The van der Waals surface area contributed by atoms with Gasteiger partial charge in [0.15, 0.2) is 41.3 Å². The molecule has 0 bridgehead atoms. The van der Waals surface area contributed by atoms with E-state index < -0.39 is 76.8 Å². The van der Waals surface area contributed by atoms with Crippen molar-refractivity contribution in [2.24, 2.45) is 0 Å². The number of aromatic amines is 1. The van der Waals surface area contributed by atoms with Crippen LogP contribution in [0.2, 0.25) is 0 Å². The summed E-state index contributed by atoms with van der Waals surface area (Å²) < 4.78 is 74.9. The van der Waals surface area contributed by atoms with Crippen molar-refractivity contribution in [1.82, 2.24) is 39.0 Å². The number of ether oxygens (including phenoxy) is 2. The number of nitrogens with one attached hydrogen (secondary N) is 1. The molecule has 4 aromatic rings. The molecular formula is C20H23FN10O10P2S2. The van der Waals surface area contributed by atoms with Crippen LogP contribution in [0.1, 0.15) is 12.5 Å². The molecule has 0 radical (unpaired) electrons. The fraction of sp³-hybridized carbons (Fsp3) is 0.500. The van der Waals surface area contributed by atoms with Crippen LogP contribution >= 0.6 is 40.6 Å². The summed E-state index contributed by atoms with van der Waals surface area (Å²) in [5, 5.41) is 11.0. The van der Waals surface area contributed by atoms with E-state index in [0.29, 0.717) is 0 Å². The quantitative estimate of drug-likeness (QED) is 0.0704. The summed E-state index contributed by atoms with van der Waals surface area (Å²) >= 11 is 7.80. The number of nitrogen functional groups attached to an aromatic ring is 2. The van der Waals surface area contributed by atoms with Crippen LogP contribution in [0.25, 0.3) is 22.3 Å². The monoisotopic (exact) mass is 708 g/mol. The Labute approximate surface area is 262 Å². The molecule has 20 nitrogen and oxygen atoms in total. The van der Waals surface area contributed by atoms with E-state index in [1.807, 2.05) is 0 Å². The molecule has 8 unspecified atom stereocenters. The van der Waals surface area contributed by atoms with Gasteiger partial charge in [0, 0.05) is 0 Å². The van der Waals surface area contributed by atoms with Gasteiger partial charge in [-0.2, -0.15) is 4.98 Å². The second-order valence-corrected chi connectivity index (χ2v) is 13.2. The van der Waals surface area contributed by atoms with E-state index in [2.05, 4.69) is 55.1 Å². The molecule has 0 saturated carbocycles. The van der Waals surface area contributed by atoms with Crippen LogP contribution in [0, 0.1) is 0 Å². The number of thiol groups is 2. The number of nitrogens with zero attached hydrogens (tertiary/aromatic N) is 7. The fourth-order valence-corrected chi connectivity index (χ4v) is 6.93. The van der Waals surface area contributed by atoms with Gasteiger partial charge in [-0.05, 0) is 12.9 Å². The van der Waals surface area contributed by atoms with E-state index in [-0.39, 0.29) is 40.7 Å². The Morgan fingerprint density at radius 1 is 1.07 bits per heavy atom. The second-order valence-electron chi connectivity index (χ2n) is 9.70. The number of hydrogen-bond donors (Lipinski definition) is 6. The van der Waals surface area contributed by atoms with Crippen molar-refractivity contribution in [3.63, 3.8) is 0 Å². The first-order valence-electron chi connectivity index (χ1n) is 12.7. The molecule has 2 aliphatic rings. The lowest BCUT2D eigenvalue weighted by Crippen LogP contribution is -2.35. The smallest absolute Gasteiger partial charge is 0.386 e. The van der Waals surface area contributed by atoms with Gasteiger partial charge in [-0.25, -0.2) is 33.5 Å². The highest BCUT2D eigenvalue weighted by Gasteiger charge is 2.51. The van der Waals surface area contributed by atoms with E-state index in [1.54, 1.807) is 0 Å². The lowest BCUT2D eigenvalue weighted by molar-refractivity contribution is -0.0492. The molecule has 0 aliphatic carbocycles. The summed E-state index contributed by atoms with van der Waals surface area (Å²) in [6.45, 7) is -5.38. The molecule has 9 atom stereocenters. The van der Waals surface area contributed by atoms with Gasteiger partial charge in [-0.3, -0.25) is 32.5 Å². The zero-order valence-electron chi connectivity index (χ0n) is 22.3. The number of fused-ring (bicyclic) bond motifs is 2. The fourth-order valence-electron chi connectivity index (χ4n) is 5.01. The SMILES string of the molecule is Nc1nc2c(ncn2C2OC(COP=O)C(O)C2O[P@](=O)(S)OCC2OC(n3cnc4c(N)ncnc43)C(F)C2OS)c(=O)[nH]1. The van der Waals surface area contributed by atoms with Crippen LogP contribution in [0.4, 0.5) is 16.2 Å². The maximum atomic E-state index is 15.5. The van der Waals surface area contributed by atoms with E-state index >= 15 is 4.39 Å². The van der Waals surface area contributed by atoms with Crippen molar-refractivity contribution in [3.8, 4) is 0 Å². The highest BCUT2D eigenvalue weighted by Crippen LogP contribution is 2.57. The Bertz CT molecular complexity index is 1830. The van der Waals surface area contributed by atoms with Crippen LogP contribution in [0.5, 0.6) is 0 Å². The molecule has 0 spiro atoms. The third-order valence-corrected chi connectivity index (χ3v) is 9.15. The summed E-state index contributed by atoms with van der Waals surface area (Å²) in [7, 11) is -0.693. The average molecular weight is 709 g/mol. The molecule has 0 amide bonds. The normalized spacial score (nSPS) is 30.0. The van der Waals surface area contributed by atoms with Crippen molar-refractivity contribution in [2.45, 2.75) is 49.1 Å². The third kappa shape index (κ3) is 6.05. The highest BCUT2D eigenvalue weighted by molar-refractivity contribution is 8.44. The summed E-state index contributed by atoms with van der Waals surface area (Å²) in [4.78, 5) is 34.7. The highest BCUT2D eigenvalue weighted by atomic mass is 32.7. The first-order chi connectivity index (χ1) is 21.5. The molecule has 6 heterocycles. The molecule has 0 aromatic carbocycles. The minimum Gasteiger partial charge on any atom is -0.387 e. The molecule has 6 N–H and O–H groups in total. The zero-order chi connectivity index (χ0) is 32.0. The maximum Gasteiger partial charge on any atom is 0.386 e. The van der Waals surface area contributed by atoms with Gasteiger partial charge in [0.25, 0.3) is 5.56 Å². The van der Waals surface area contributed by atoms with Crippen LogP contribution in [0.15, 0.2) is 23.8 Å². The van der Waals surface area contributed by atoms with Gasteiger partial charge in [-0.15, -0.1) is 0 Å². The molecule has 6 rings (SSSR count). The van der Waals surface area contributed by atoms with Crippen molar-refractivity contribution in [2.75, 3.05) is 24.7 Å². The first-order valence-corrected chi connectivity index (χ1v) is 16.5. The van der Waals surface area contributed by atoms with Crippen LogP contribution in [-0.4, -0.2) is 94.0 Å². The predicted octanol–water partition coefficient (Wildman–Crippen LogP) is 0.511. The minimum atomic E-state index is -4.42. The number of imidazole rings is 2. The first kappa shape index (κ1) is 32.1. The molecule has 25 heteroatoms. The number of aliphatic hydroxyl groups excluding tert-OH is 1. The van der Waals surface area contributed by atoms with Gasteiger partial charge < -0.3 is 30.2 Å². The molecule has 242 valence electrons. The van der Waals surface area contributed by atoms with Crippen LogP contribution in [-0.2, 0) is 36.4 Å². The number of alkyl halides is 1. The Morgan fingerprint density at radius 3 is 2.51 bits per heavy atom. The number of aromatic nitrogens is 8. The van der Waals surface area contributed by atoms with E-state index in [9.17, 15) is 19.0 Å². The van der Waals surface area contributed by atoms with Crippen LogP contribution < -0.4 is 17.0 Å². The van der Waals surface area contributed by atoms with Crippen molar-refractivity contribution < 1.29 is 45.9 Å². The lowest BCUT2D eigenvalue weighted by atomic mass is 10.1. The van der Waals surface area contributed by atoms with Gasteiger partial charge in [0.2, 0.25) is 5.95 Å². The Balaban J connectivity index is 1.21. The number of nitrogens with two attached hydrogens (primary N) is 2. The largest absolute Gasteiger partial charge is 0.387 e. The van der Waals surface area contributed by atoms with Gasteiger partial charge in [-0.1, -0.05) is 12.2 Å². The molecule has 4 aromatic heterocycles. The number of anilines is 2. The van der Waals surface area contributed by atoms with E-state index in [4.69, 9.17) is 38.7 Å². The molecule has 2 fully saturated rings. The summed E-state index contributed by atoms with van der Waals surface area (Å²) in [5.74, 6) is -0.158. The molecule has 2 saturated heterocycles. The average Bonchev–Trinajstić information content (AvgIpc) is 3.76. The number of hydrogen-bond acceptors (Lipinski definition) is 18. The van der Waals surface area contributed by atoms with Crippen molar-refractivity contribution in [3.05, 3.63) is 29.3 Å². The standard InChI is InChI=1S/C20H23FN10O10P2S2/c21-8-12(41-44)7(39-18(8)30-4-26-9-14(22)24-3-25-15(9)30)2-37-43(35,45)40-13-11(32)6(1-36-42-34)38-19(13)31-5-27-10-16(31)28-20(23)29-17(10)33/h3-8,11-13,18-19,32,44H,1-2H2,(H,35,45)(H2,22,24,25)(H3,23,28,29,33)/t6?,7?,8?,11?,12?,13?,18?,19?,43-/m1/s1. The number of halogens is 1. The molecule has 45 heavy (non-hydrogen) atoms. The molecule has 2 aliphatic heterocycles. The molecular weight excluding hydrogens is 685 g/mol. The summed E-state index contributed by atoms with van der Waals surface area (Å²) in [5.41, 5.74) is 11.1. The van der Waals surface area contributed by atoms with Gasteiger partial charge in [0.1, 0.15) is 42.4 Å². The maximum absolute atomic E-state index is 15.5. The third-order valence-electron chi connectivity index (χ3n) is 7.04. The Kier molecular flexibility index (Phi) is 9.11. The number of aliphatic hydroxyl groups is 1. The second kappa shape index (κ2) is 12.8. The van der Waals surface area contributed by atoms with E-state index in [0.717, 1.165) is 0 Å². The van der Waals surface area contributed by atoms with Crippen molar-refractivity contribution in [1.29, 1.82) is 0 Å². The lowest BCUT2D eigenvalue weighted by Gasteiger charge is -2.25. The Morgan fingerprint density at radius 2 is 1.78 bits per heavy atom. The van der Waals surface area contributed by atoms with Crippen LogP contribution in [0.3, 0.4) is 0 Å². The van der Waals surface area contributed by atoms with Gasteiger partial charge in [0.05, 0.1) is 25.9 Å². The summed E-state index contributed by atoms with van der Waals surface area (Å²) in [6, 6.07) is 0. The topological polar surface area (TPSA) is 269 Å². The number of rotatable bonds is 11. The summed E-state index contributed by atoms with van der Waals surface area (Å²) in [6.07, 6.45) is -7.60. The Hall–Kier alpha value is -2.82. The van der Waals surface area contributed by atoms with E-state index in [1.165, 1.54) is 28.1 Å². The zero-order valence-corrected chi connectivity index (χ0v) is 25.9. The van der Waals surface area contributed by atoms with Gasteiger partial charge >= 0.3 is 15.5 Å².